The Hall–Kier alpha value is -5.55. The van der Waals surface area contributed by atoms with Gasteiger partial charge in [0.2, 0.25) is 0 Å². The lowest BCUT2D eigenvalue weighted by Gasteiger charge is -2.30. The van der Waals surface area contributed by atoms with Gasteiger partial charge in [0, 0.05) is 30.1 Å². The Morgan fingerprint density at radius 2 is 2.09 bits per heavy atom. The Balaban J connectivity index is 1.19. The second kappa shape index (κ2) is 11.7. The number of nitrogens with one attached hydrogen (secondary N) is 1. The van der Waals surface area contributed by atoms with Crippen molar-refractivity contribution in [2.75, 3.05) is 31.6 Å². The number of morpholine rings is 1. The van der Waals surface area contributed by atoms with Crippen molar-refractivity contribution in [3.05, 3.63) is 84.5 Å². The second-order valence-electron chi connectivity index (χ2n) is 9.94. The van der Waals surface area contributed by atoms with Gasteiger partial charge in [-0.05, 0) is 36.8 Å². The van der Waals surface area contributed by atoms with Gasteiger partial charge >= 0.3 is 6.09 Å². The van der Waals surface area contributed by atoms with Crippen LogP contribution in [0.3, 0.4) is 0 Å². The lowest BCUT2D eigenvalue weighted by atomic mass is 10.1. The monoisotopic (exact) mass is 583 g/mol. The van der Waals surface area contributed by atoms with Crippen LogP contribution in [0.1, 0.15) is 24.1 Å². The number of ether oxygens (including phenoxy) is 2. The standard InChI is InChI=1S/C29H26FN9O4/c1-18(19-3-5-27(33-10-19)38-14-22(30)13-35-38)36-26-4-2-20(11-32-26)25-8-23(16-39-28(25)21(9-31)12-34-39)43-17-24-15-37(29(40)41)6-7-42-24/h2-5,8,10-14,16,18,24H,6-7,15,17H2,1H3,(H,32,36)(H,40,41). The highest BCUT2D eigenvalue weighted by molar-refractivity contribution is 5.85. The highest BCUT2D eigenvalue weighted by Gasteiger charge is 2.24. The zero-order valence-corrected chi connectivity index (χ0v) is 23.0. The van der Waals surface area contributed by atoms with E-state index >= 15 is 0 Å². The van der Waals surface area contributed by atoms with Gasteiger partial charge in [0.1, 0.15) is 30.3 Å². The fourth-order valence-corrected chi connectivity index (χ4v) is 4.82. The van der Waals surface area contributed by atoms with Crippen LogP contribution >= 0.6 is 0 Å². The molecule has 14 heteroatoms. The van der Waals surface area contributed by atoms with Crippen LogP contribution in [0.15, 0.2) is 67.5 Å². The molecule has 0 radical (unpaired) electrons. The smallest absolute Gasteiger partial charge is 0.407 e. The molecule has 0 bridgehead atoms. The van der Waals surface area contributed by atoms with Gasteiger partial charge in [0.15, 0.2) is 11.6 Å². The molecule has 0 saturated carbocycles. The summed E-state index contributed by atoms with van der Waals surface area (Å²) in [6, 6.07) is 11.2. The molecule has 1 aliphatic rings. The molecule has 6 rings (SSSR count). The summed E-state index contributed by atoms with van der Waals surface area (Å²) in [6.45, 7) is 2.96. The summed E-state index contributed by atoms with van der Waals surface area (Å²) in [6.07, 6.45) is 7.54. The summed E-state index contributed by atoms with van der Waals surface area (Å²) in [5.41, 5.74) is 3.36. The number of hydrogen-bond donors (Lipinski definition) is 2. The van der Waals surface area contributed by atoms with Crippen molar-refractivity contribution in [3.63, 3.8) is 0 Å². The zero-order chi connectivity index (χ0) is 29.9. The maximum Gasteiger partial charge on any atom is 0.407 e. The summed E-state index contributed by atoms with van der Waals surface area (Å²) in [5, 5.41) is 30.6. The normalized spacial score (nSPS) is 15.7. The number of aromatic nitrogens is 6. The lowest BCUT2D eigenvalue weighted by Crippen LogP contribution is -2.47. The van der Waals surface area contributed by atoms with Gasteiger partial charge in [-0.15, -0.1) is 0 Å². The van der Waals surface area contributed by atoms with Gasteiger partial charge in [0.05, 0.1) is 55.1 Å². The number of nitriles is 1. The Bertz CT molecular complexity index is 1800. The second-order valence-corrected chi connectivity index (χ2v) is 9.94. The van der Waals surface area contributed by atoms with Crippen LogP contribution in [0.25, 0.3) is 22.5 Å². The van der Waals surface area contributed by atoms with E-state index in [9.17, 15) is 19.6 Å². The Morgan fingerprint density at radius 1 is 1.21 bits per heavy atom. The Morgan fingerprint density at radius 3 is 2.79 bits per heavy atom. The highest BCUT2D eigenvalue weighted by Crippen LogP contribution is 2.31. The Kier molecular flexibility index (Phi) is 7.54. The molecule has 2 atom stereocenters. The van der Waals surface area contributed by atoms with Crippen molar-refractivity contribution < 1.29 is 23.8 Å². The Labute approximate surface area is 244 Å². The number of amides is 1. The molecule has 2 N–H and O–H groups in total. The molecule has 2 unspecified atom stereocenters. The molecule has 6 heterocycles. The van der Waals surface area contributed by atoms with E-state index in [0.29, 0.717) is 47.2 Å². The van der Waals surface area contributed by atoms with Crippen molar-refractivity contribution in [1.82, 2.24) is 34.3 Å². The van der Waals surface area contributed by atoms with Gasteiger partial charge in [-0.2, -0.15) is 15.5 Å². The van der Waals surface area contributed by atoms with Crippen molar-refractivity contribution in [2.24, 2.45) is 0 Å². The minimum Gasteiger partial charge on any atom is -0.489 e. The SMILES string of the molecule is CC(Nc1ccc(-c2cc(OCC3CN(C(=O)O)CCO3)cn3ncc(C#N)c23)cn1)c1ccc(-n2cc(F)cn2)nc1. The first-order valence-corrected chi connectivity index (χ1v) is 13.4. The van der Waals surface area contributed by atoms with Crippen LogP contribution in [-0.2, 0) is 4.74 Å². The highest BCUT2D eigenvalue weighted by atomic mass is 19.1. The molecule has 1 fully saturated rings. The summed E-state index contributed by atoms with van der Waals surface area (Å²) in [4.78, 5) is 21.6. The predicted octanol–water partition coefficient (Wildman–Crippen LogP) is 3.92. The molecule has 13 nitrogen and oxygen atoms in total. The van der Waals surface area contributed by atoms with Crippen molar-refractivity contribution in [3.8, 4) is 28.8 Å². The first kappa shape index (κ1) is 27.6. The third-order valence-electron chi connectivity index (χ3n) is 7.05. The van der Waals surface area contributed by atoms with E-state index < -0.39 is 18.0 Å². The molecular weight excluding hydrogens is 557 g/mol. The van der Waals surface area contributed by atoms with E-state index in [0.717, 1.165) is 17.3 Å². The quantitative estimate of drug-likeness (QED) is 0.275. The van der Waals surface area contributed by atoms with Crippen LogP contribution in [0.2, 0.25) is 0 Å². The zero-order valence-electron chi connectivity index (χ0n) is 23.0. The van der Waals surface area contributed by atoms with Gasteiger partial charge in [-0.25, -0.2) is 28.4 Å². The van der Waals surface area contributed by atoms with E-state index in [2.05, 4.69) is 31.6 Å². The topological polar surface area (TPSA) is 156 Å². The number of pyridine rings is 3. The number of carbonyl (C=O) groups is 1. The number of halogens is 1. The first-order valence-electron chi connectivity index (χ1n) is 13.4. The molecule has 5 aromatic heterocycles. The number of anilines is 1. The third-order valence-corrected chi connectivity index (χ3v) is 7.05. The maximum absolute atomic E-state index is 13.3. The number of nitrogens with zero attached hydrogens (tertiary/aromatic N) is 8. The first-order chi connectivity index (χ1) is 20.9. The largest absolute Gasteiger partial charge is 0.489 e. The molecule has 1 saturated heterocycles. The minimum absolute atomic E-state index is 0.128. The van der Waals surface area contributed by atoms with E-state index in [1.54, 1.807) is 35.2 Å². The van der Waals surface area contributed by atoms with Crippen LogP contribution in [0.4, 0.5) is 15.0 Å². The number of fused-ring (bicyclic) bond motifs is 1. The molecule has 43 heavy (non-hydrogen) atoms. The van der Waals surface area contributed by atoms with Gasteiger partial charge in [0.25, 0.3) is 0 Å². The number of carboxylic acid groups (broad SMARTS) is 1. The van der Waals surface area contributed by atoms with E-state index in [4.69, 9.17) is 9.47 Å². The van der Waals surface area contributed by atoms with Crippen molar-refractivity contribution >= 4 is 17.4 Å². The molecule has 0 aliphatic carbocycles. The van der Waals surface area contributed by atoms with Crippen LogP contribution in [0.5, 0.6) is 5.75 Å². The molecular formula is C29H26FN9O4. The lowest BCUT2D eigenvalue weighted by molar-refractivity contribution is -0.0412. The molecule has 218 valence electrons. The summed E-state index contributed by atoms with van der Waals surface area (Å²) in [5.74, 6) is 1.18. The fraction of sp³-hybridized carbons (Fsp3) is 0.241. The fourth-order valence-electron chi connectivity index (χ4n) is 4.82. The molecule has 1 aliphatic heterocycles. The van der Waals surface area contributed by atoms with Gasteiger partial charge in [-0.3, -0.25) is 0 Å². The average Bonchev–Trinajstić information content (AvgIpc) is 3.66. The molecule has 0 spiro atoms. The minimum atomic E-state index is -0.991. The maximum atomic E-state index is 13.3. The summed E-state index contributed by atoms with van der Waals surface area (Å²) < 4.78 is 27.9. The predicted molar refractivity (Wildman–Crippen MR) is 151 cm³/mol. The van der Waals surface area contributed by atoms with Crippen LogP contribution < -0.4 is 10.1 Å². The van der Waals surface area contributed by atoms with E-state index in [1.165, 1.54) is 22.0 Å². The van der Waals surface area contributed by atoms with Crippen molar-refractivity contribution in [2.45, 2.75) is 19.1 Å². The number of rotatable bonds is 8. The van der Waals surface area contributed by atoms with Gasteiger partial charge in [-0.1, -0.05) is 6.07 Å². The number of hydrogen-bond acceptors (Lipinski definition) is 9. The van der Waals surface area contributed by atoms with E-state index in [-0.39, 0.29) is 19.2 Å². The van der Waals surface area contributed by atoms with E-state index in [1.807, 2.05) is 25.1 Å². The molecule has 5 aromatic rings. The summed E-state index contributed by atoms with van der Waals surface area (Å²) in [7, 11) is 0. The molecule has 1 amide bonds. The summed E-state index contributed by atoms with van der Waals surface area (Å²) >= 11 is 0. The van der Waals surface area contributed by atoms with Gasteiger partial charge < -0.3 is 24.8 Å². The van der Waals surface area contributed by atoms with Crippen molar-refractivity contribution in [1.29, 1.82) is 5.26 Å². The van der Waals surface area contributed by atoms with Crippen LogP contribution in [-0.4, -0.2) is 77.9 Å². The average molecular weight is 584 g/mol. The molecule has 0 aromatic carbocycles. The third kappa shape index (κ3) is 5.92. The van der Waals surface area contributed by atoms with Crippen LogP contribution in [0, 0.1) is 17.1 Å².